The van der Waals surface area contributed by atoms with Crippen molar-refractivity contribution in [3.05, 3.63) is 82.9 Å². The van der Waals surface area contributed by atoms with Crippen LogP contribution in [0.1, 0.15) is 67.7 Å². The lowest BCUT2D eigenvalue weighted by molar-refractivity contribution is -0.137. The Labute approximate surface area is 227 Å². The van der Waals surface area contributed by atoms with E-state index in [1.807, 2.05) is 18.2 Å². The molecular formula is C32H34F2O5. The lowest BCUT2D eigenvalue weighted by atomic mass is 9.87. The lowest BCUT2D eigenvalue weighted by Crippen LogP contribution is -2.15. The van der Waals surface area contributed by atoms with Gasteiger partial charge in [0.1, 0.15) is 18.2 Å². The number of hydrogen-bond donors (Lipinski definition) is 1. The molecule has 0 saturated heterocycles. The molecule has 0 bridgehead atoms. The predicted molar refractivity (Wildman–Crippen MR) is 144 cm³/mol. The molecule has 2 fully saturated rings. The standard InChI is InChI=1S/C32H34F2O5/c1-32(13-14-32)31(38-3)26-15-19(7-11-22(26)25-16-21(37-2)10-12-27(25)33)18-39-28-6-4-5-23(30(28)34)24(17-29(35)36)20-8-9-20/h4-7,10-12,15-16,20,24,31H,8-9,13-14,17-18H2,1-3H3,(H,35,36)/t24-,31+/m1/s1. The third-order valence-electron chi connectivity index (χ3n) is 8.14. The Morgan fingerprint density at radius 1 is 1.03 bits per heavy atom. The van der Waals surface area contributed by atoms with Crippen molar-refractivity contribution in [1.29, 1.82) is 0 Å². The van der Waals surface area contributed by atoms with Gasteiger partial charge in [0.25, 0.3) is 0 Å². The zero-order valence-corrected chi connectivity index (χ0v) is 22.5. The molecule has 0 heterocycles. The van der Waals surface area contributed by atoms with E-state index in [1.165, 1.54) is 6.07 Å². The SMILES string of the molecule is COc1ccc(F)c(-c2ccc(COc3cccc([C@H](CC(=O)O)C4CC4)c3F)cc2[C@H](OC)C2(C)CC2)c1. The van der Waals surface area contributed by atoms with Gasteiger partial charge in [-0.3, -0.25) is 4.79 Å². The number of benzene rings is 3. The highest BCUT2D eigenvalue weighted by Crippen LogP contribution is 2.57. The Morgan fingerprint density at radius 2 is 1.79 bits per heavy atom. The number of halogens is 2. The van der Waals surface area contributed by atoms with Crippen LogP contribution in [0.15, 0.2) is 54.6 Å². The van der Waals surface area contributed by atoms with E-state index in [0.29, 0.717) is 22.4 Å². The van der Waals surface area contributed by atoms with Crippen LogP contribution in [-0.4, -0.2) is 25.3 Å². The first kappa shape index (κ1) is 27.1. The van der Waals surface area contributed by atoms with Gasteiger partial charge in [-0.25, -0.2) is 8.78 Å². The van der Waals surface area contributed by atoms with Crippen LogP contribution < -0.4 is 9.47 Å². The molecule has 0 radical (unpaired) electrons. The first-order valence-electron chi connectivity index (χ1n) is 13.4. The summed E-state index contributed by atoms with van der Waals surface area (Å²) >= 11 is 0. The molecule has 1 N–H and O–H groups in total. The second-order valence-electron chi connectivity index (χ2n) is 11.0. The van der Waals surface area contributed by atoms with Gasteiger partial charge in [-0.15, -0.1) is 0 Å². The number of hydrogen-bond acceptors (Lipinski definition) is 4. The molecule has 5 nitrogen and oxygen atoms in total. The fraction of sp³-hybridized carbons (Fsp3) is 0.406. The van der Waals surface area contributed by atoms with Gasteiger partial charge in [0.05, 0.1) is 19.6 Å². The number of rotatable bonds is 12. The first-order valence-corrected chi connectivity index (χ1v) is 13.4. The van der Waals surface area contributed by atoms with Crippen molar-refractivity contribution in [3.63, 3.8) is 0 Å². The summed E-state index contributed by atoms with van der Waals surface area (Å²) in [6.45, 7) is 2.25. The third-order valence-corrected chi connectivity index (χ3v) is 8.14. The molecule has 3 aromatic carbocycles. The van der Waals surface area contributed by atoms with Gasteiger partial charge >= 0.3 is 5.97 Å². The number of methoxy groups -OCH3 is 2. The number of carboxylic acid groups (broad SMARTS) is 1. The van der Waals surface area contributed by atoms with Gasteiger partial charge in [0.15, 0.2) is 11.6 Å². The number of carbonyl (C=O) groups is 1. The molecule has 0 aromatic heterocycles. The normalized spacial score (nSPS) is 17.4. The van der Waals surface area contributed by atoms with Crippen molar-refractivity contribution in [3.8, 4) is 22.6 Å². The topological polar surface area (TPSA) is 65.0 Å². The summed E-state index contributed by atoms with van der Waals surface area (Å²) in [5.74, 6) is -1.34. The van der Waals surface area contributed by atoms with Crippen molar-refractivity contribution in [2.24, 2.45) is 11.3 Å². The van der Waals surface area contributed by atoms with E-state index in [-0.39, 0.29) is 47.9 Å². The number of ether oxygens (including phenoxy) is 3. The van der Waals surface area contributed by atoms with E-state index in [2.05, 4.69) is 6.92 Å². The zero-order chi connectivity index (χ0) is 27.7. The average Bonchev–Trinajstić information content (AvgIpc) is 3.86. The van der Waals surface area contributed by atoms with E-state index >= 15 is 8.78 Å². The maximum absolute atomic E-state index is 15.5. The smallest absolute Gasteiger partial charge is 0.303 e. The van der Waals surface area contributed by atoms with Crippen LogP contribution in [0, 0.1) is 23.0 Å². The van der Waals surface area contributed by atoms with Crippen LogP contribution in [-0.2, 0) is 16.1 Å². The minimum absolute atomic E-state index is 0.0548. The molecule has 5 rings (SSSR count). The number of aliphatic carboxylic acids is 1. The van der Waals surface area contributed by atoms with Crippen LogP contribution in [0.25, 0.3) is 11.1 Å². The third kappa shape index (κ3) is 5.78. The second-order valence-corrected chi connectivity index (χ2v) is 11.0. The Kier molecular flexibility index (Phi) is 7.63. The highest BCUT2D eigenvalue weighted by atomic mass is 19.1. The molecule has 2 aliphatic rings. The molecule has 39 heavy (non-hydrogen) atoms. The Balaban J connectivity index is 1.46. The molecule has 7 heteroatoms. The van der Waals surface area contributed by atoms with Gasteiger partial charge in [0, 0.05) is 18.6 Å². The van der Waals surface area contributed by atoms with Crippen molar-refractivity contribution in [1.82, 2.24) is 0 Å². The first-order chi connectivity index (χ1) is 18.7. The van der Waals surface area contributed by atoms with Gasteiger partial charge in [-0.2, -0.15) is 0 Å². The minimum Gasteiger partial charge on any atom is -0.497 e. The van der Waals surface area contributed by atoms with E-state index in [9.17, 15) is 9.90 Å². The van der Waals surface area contributed by atoms with Crippen molar-refractivity contribution in [2.75, 3.05) is 14.2 Å². The quantitative estimate of drug-likeness (QED) is 0.257. The summed E-state index contributed by atoms with van der Waals surface area (Å²) in [5, 5.41) is 9.34. The number of carboxylic acids is 1. The molecule has 0 spiro atoms. The molecule has 2 aliphatic carbocycles. The summed E-state index contributed by atoms with van der Waals surface area (Å²) in [6, 6.07) is 15.2. The van der Waals surface area contributed by atoms with Crippen LogP contribution in [0.4, 0.5) is 8.78 Å². The second kappa shape index (κ2) is 11.0. The van der Waals surface area contributed by atoms with Crippen molar-refractivity contribution >= 4 is 5.97 Å². The van der Waals surface area contributed by atoms with Gasteiger partial charge in [0.2, 0.25) is 0 Å². The predicted octanol–water partition coefficient (Wildman–Crippen LogP) is 7.68. The van der Waals surface area contributed by atoms with Crippen molar-refractivity contribution in [2.45, 2.75) is 57.7 Å². The zero-order valence-electron chi connectivity index (χ0n) is 22.5. The lowest BCUT2D eigenvalue weighted by Gasteiger charge is -2.26. The van der Waals surface area contributed by atoms with E-state index in [4.69, 9.17) is 14.2 Å². The van der Waals surface area contributed by atoms with Crippen LogP contribution in [0.3, 0.4) is 0 Å². The largest absolute Gasteiger partial charge is 0.497 e. The fourth-order valence-electron chi connectivity index (χ4n) is 5.55. The summed E-state index contributed by atoms with van der Waals surface area (Å²) in [4.78, 5) is 11.4. The molecule has 3 aromatic rings. The summed E-state index contributed by atoms with van der Waals surface area (Å²) in [6.07, 6.45) is 3.46. The molecule has 2 saturated carbocycles. The van der Waals surface area contributed by atoms with Crippen LogP contribution in [0.5, 0.6) is 11.5 Å². The van der Waals surface area contributed by atoms with Crippen LogP contribution >= 0.6 is 0 Å². The molecule has 2 atom stereocenters. The van der Waals surface area contributed by atoms with Gasteiger partial charge in [-0.05, 0) is 89.6 Å². The van der Waals surface area contributed by atoms with Crippen molar-refractivity contribution < 1.29 is 32.9 Å². The molecular weight excluding hydrogens is 502 g/mol. The molecule has 0 amide bonds. The van der Waals surface area contributed by atoms with Gasteiger partial charge in [-0.1, -0.05) is 31.2 Å². The maximum Gasteiger partial charge on any atom is 0.303 e. The van der Waals surface area contributed by atoms with E-state index < -0.39 is 11.8 Å². The average molecular weight is 537 g/mol. The summed E-state index contributed by atoms with van der Waals surface area (Å²) < 4.78 is 47.7. The maximum atomic E-state index is 15.5. The Bertz CT molecular complexity index is 1360. The Hall–Kier alpha value is -3.45. The van der Waals surface area contributed by atoms with E-state index in [0.717, 1.165) is 36.8 Å². The highest BCUT2D eigenvalue weighted by molar-refractivity contribution is 5.71. The molecule has 0 aliphatic heterocycles. The molecule has 0 unspecified atom stereocenters. The summed E-state index contributed by atoms with van der Waals surface area (Å²) in [7, 11) is 3.21. The monoisotopic (exact) mass is 536 g/mol. The summed E-state index contributed by atoms with van der Waals surface area (Å²) in [5.41, 5.74) is 3.10. The fourth-order valence-corrected chi connectivity index (χ4v) is 5.55. The van der Waals surface area contributed by atoms with E-state index in [1.54, 1.807) is 44.6 Å². The minimum atomic E-state index is -0.935. The van der Waals surface area contributed by atoms with Crippen LogP contribution in [0.2, 0.25) is 0 Å². The van der Waals surface area contributed by atoms with Gasteiger partial charge < -0.3 is 19.3 Å². The highest BCUT2D eigenvalue weighted by Gasteiger charge is 2.47. The Morgan fingerprint density at radius 3 is 2.44 bits per heavy atom. The molecule has 206 valence electrons.